The zero-order chi connectivity index (χ0) is 16.3. The van der Waals surface area contributed by atoms with Crippen molar-refractivity contribution >= 4 is 11.9 Å². The summed E-state index contributed by atoms with van der Waals surface area (Å²) in [7, 11) is 2.72. The van der Waals surface area contributed by atoms with Crippen molar-refractivity contribution in [3.63, 3.8) is 0 Å². The molecule has 0 saturated carbocycles. The van der Waals surface area contributed by atoms with Crippen molar-refractivity contribution in [2.75, 3.05) is 14.2 Å². The molecule has 4 nitrogen and oxygen atoms in total. The first-order valence-electron chi connectivity index (χ1n) is 6.88. The van der Waals surface area contributed by atoms with Gasteiger partial charge in [0.2, 0.25) is 0 Å². The summed E-state index contributed by atoms with van der Waals surface area (Å²) in [6.07, 6.45) is 4.50. The van der Waals surface area contributed by atoms with E-state index in [0.717, 1.165) is 0 Å². The van der Waals surface area contributed by atoms with Gasteiger partial charge in [-0.05, 0) is 25.1 Å². The maximum atomic E-state index is 15.1. The first-order valence-corrected chi connectivity index (χ1v) is 6.88. The number of carbonyl (C=O) groups excluding carboxylic acids is 2. The molecule has 0 fully saturated rings. The molecule has 0 radical (unpaired) electrons. The van der Waals surface area contributed by atoms with Crippen LogP contribution in [0.5, 0.6) is 0 Å². The number of nitrogens with zero attached hydrogens (tertiary/aromatic N) is 1. The topological polar surface area (TPSA) is 46.6 Å². The fourth-order valence-electron chi connectivity index (χ4n) is 2.54. The Morgan fingerprint density at radius 1 is 1.27 bits per heavy atom. The molecule has 2 rings (SSSR count). The number of ether oxygens (including phenoxy) is 1. The molecular formula is C17H18FNO3. The largest absolute Gasteiger partial charge is 0.466 e. The van der Waals surface area contributed by atoms with Gasteiger partial charge in [0, 0.05) is 12.6 Å². The lowest BCUT2D eigenvalue weighted by Gasteiger charge is -2.37. The van der Waals surface area contributed by atoms with E-state index >= 15 is 4.39 Å². The third-order valence-corrected chi connectivity index (χ3v) is 3.80. The summed E-state index contributed by atoms with van der Waals surface area (Å²) in [6.45, 7) is 1.28. The van der Waals surface area contributed by atoms with Crippen molar-refractivity contribution < 1.29 is 18.7 Å². The number of halogens is 1. The Morgan fingerprint density at radius 2 is 1.91 bits per heavy atom. The van der Waals surface area contributed by atoms with Crippen LogP contribution in [0.15, 0.2) is 54.1 Å². The maximum absolute atomic E-state index is 15.1. The fraction of sp³-hybridized carbons (Fsp3) is 0.294. The number of hydrogen-bond donors (Lipinski definition) is 0. The van der Waals surface area contributed by atoms with E-state index in [0.29, 0.717) is 5.56 Å². The average molecular weight is 303 g/mol. The van der Waals surface area contributed by atoms with E-state index in [2.05, 4.69) is 4.74 Å². The standard InChI is InChI=1S/C17H18FNO3/c1-17(18)13(16(21)22-3)10-7-11-14(17)19(2)15(20)12-8-5-4-6-9-12/h4-11,14H,1-3H3. The van der Waals surface area contributed by atoms with Crippen LogP contribution in [0.3, 0.4) is 0 Å². The van der Waals surface area contributed by atoms with Crippen molar-refractivity contribution in [3.8, 4) is 0 Å². The minimum atomic E-state index is -2.03. The Balaban J connectivity index is 2.29. The summed E-state index contributed by atoms with van der Waals surface area (Å²) in [5.41, 5.74) is -1.67. The molecule has 1 aromatic carbocycles. The number of carbonyl (C=O) groups is 2. The highest BCUT2D eigenvalue weighted by Gasteiger charge is 2.45. The van der Waals surface area contributed by atoms with Crippen LogP contribution in [-0.2, 0) is 9.53 Å². The van der Waals surface area contributed by atoms with Gasteiger partial charge in [0.05, 0.1) is 18.7 Å². The van der Waals surface area contributed by atoms with Gasteiger partial charge in [0.1, 0.15) is 0 Å². The van der Waals surface area contributed by atoms with Gasteiger partial charge in [0.15, 0.2) is 5.67 Å². The second-order valence-electron chi connectivity index (χ2n) is 5.26. The smallest absolute Gasteiger partial charge is 0.337 e. The molecule has 2 unspecified atom stereocenters. The van der Waals surface area contributed by atoms with Gasteiger partial charge in [-0.3, -0.25) is 4.79 Å². The molecule has 0 aliphatic heterocycles. The van der Waals surface area contributed by atoms with E-state index in [1.807, 2.05) is 0 Å². The number of likely N-dealkylation sites (N-methyl/N-ethyl adjacent to an activating group) is 1. The van der Waals surface area contributed by atoms with Gasteiger partial charge < -0.3 is 9.64 Å². The molecule has 0 bridgehead atoms. The molecule has 0 aromatic heterocycles. The average Bonchev–Trinajstić information content (AvgIpc) is 2.53. The van der Waals surface area contributed by atoms with Crippen LogP contribution in [-0.4, -0.2) is 42.6 Å². The van der Waals surface area contributed by atoms with Crippen LogP contribution < -0.4 is 0 Å². The Morgan fingerprint density at radius 3 is 2.50 bits per heavy atom. The molecule has 0 heterocycles. The van der Waals surface area contributed by atoms with Gasteiger partial charge in [0.25, 0.3) is 5.91 Å². The molecule has 1 aromatic rings. The van der Waals surface area contributed by atoms with E-state index in [1.54, 1.807) is 42.5 Å². The van der Waals surface area contributed by atoms with Crippen LogP contribution in [0.25, 0.3) is 0 Å². The molecule has 1 aliphatic carbocycles. The molecule has 0 spiro atoms. The zero-order valence-electron chi connectivity index (χ0n) is 12.7. The Kier molecular flexibility index (Phi) is 4.45. The van der Waals surface area contributed by atoms with Crippen LogP contribution >= 0.6 is 0 Å². The van der Waals surface area contributed by atoms with Crippen molar-refractivity contribution in [3.05, 3.63) is 59.7 Å². The molecule has 0 saturated heterocycles. The van der Waals surface area contributed by atoms with E-state index < -0.39 is 17.7 Å². The van der Waals surface area contributed by atoms with Gasteiger partial charge in [-0.2, -0.15) is 0 Å². The Bertz CT molecular complexity index is 635. The lowest BCUT2D eigenvalue weighted by molar-refractivity contribution is -0.138. The summed E-state index contributed by atoms with van der Waals surface area (Å²) in [6, 6.07) is 7.72. The molecule has 2 atom stereocenters. The number of esters is 1. The molecule has 0 N–H and O–H groups in total. The summed E-state index contributed by atoms with van der Waals surface area (Å²) < 4.78 is 19.8. The van der Waals surface area contributed by atoms with Gasteiger partial charge >= 0.3 is 5.97 Å². The number of hydrogen-bond acceptors (Lipinski definition) is 3. The fourth-order valence-corrected chi connectivity index (χ4v) is 2.54. The first kappa shape index (κ1) is 15.9. The van der Waals surface area contributed by atoms with Crippen molar-refractivity contribution in [2.45, 2.75) is 18.6 Å². The summed E-state index contributed by atoms with van der Waals surface area (Å²) in [4.78, 5) is 25.5. The lowest BCUT2D eigenvalue weighted by atomic mass is 9.84. The highest BCUT2D eigenvalue weighted by Crippen LogP contribution is 2.33. The number of amides is 1. The highest BCUT2D eigenvalue weighted by molar-refractivity contribution is 5.95. The number of alkyl halides is 1. The minimum Gasteiger partial charge on any atom is -0.466 e. The number of allylic oxidation sites excluding steroid dienone is 2. The monoisotopic (exact) mass is 303 g/mol. The molecule has 5 heteroatoms. The second kappa shape index (κ2) is 6.13. The van der Waals surface area contributed by atoms with Gasteiger partial charge in [-0.25, -0.2) is 9.18 Å². The number of benzene rings is 1. The van der Waals surface area contributed by atoms with Gasteiger partial charge in [-0.15, -0.1) is 0 Å². The molecule has 1 aliphatic rings. The second-order valence-corrected chi connectivity index (χ2v) is 5.26. The predicted octanol–water partition coefficient (Wildman–Crippen LogP) is 2.52. The maximum Gasteiger partial charge on any atom is 0.337 e. The summed E-state index contributed by atoms with van der Waals surface area (Å²) in [5.74, 6) is -1.05. The van der Waals surface area contributed by atoms with Crippen molar-refractivity contribution in [1.29, 1.82) is 0 Å². The number of methoxy groups -OCH3 is 1. The summed E-state index contributed by atoms with van der Waals surface area (Å²) >= 11 is 0. The van der Waals surface area contributed by atoms with Crippen LogP contribution in [0.1, 0.15) is 17.3 Å². The Labute approximate surface area is 128 Å². The quantitative estimate of drug-likeness (QED) is 0.806. The van der Waals surface area contributed by atoms with Crippen LogP contribution in [0.4, 0.5) is 4.39 Å². The molecule has 1 amide bonds. The highest BCUT2D eigenvalue weighted by atomic mass is 19.1. The third-order valence-electron chi connectivity index (χ3n) is 3.80. The first-order chi connectivity index (χ1) is 10.4. The predicted molar refractivity (Wildman–Crippen MR) is 81.1 cm³/mol. The Hall–Kier alpha value is -2.43. The number of rotatable bonds is 3. The van der Waals surface area contributed by atoms with Crippen molar-refractivity contribution in [1.82, 2.24) is 4.90 Å². The van der Waals surface area contributed by atoms with Crippen molar-refractivity contribution in [2.24, 2.45) is 0 Å². The zero-order valence-corrected chi connectivity index (χ0v) is 12.7. The lowest BCUT2D eigenvalue weighted by Crippen LogP contribution is -2.51. The van der Waals surface area contributed by atoms with E-state index in [1.165, 1.54) is 32.1 Å². The molecule has 22 heavy (non-hydrogen) atoms. The van der Waals surface area contributed by atoms with E-state index in [-0.39, 0.29) is 11.5 Å². The van der Waals surface area contributed by atoms with E-state index in [4.69, 9.17) is 0 Å². The van der Waals surface area contributed by atoms with Crippen LogP contribution in [0.2, 0.25) is 0 Å². The molecule has 116 valence electrons. The van der Waals surface area contributed by atoms with Gasteiger partial charge in [-0.1, -0.05) is 30.4 Å². The summed E-state index contributed by atoms with van der Waals surface area (Å²) in [5, 5.41) is 0. The van der Waals surface area contributed by atoms with Crippen LogP contribution in [0, 0.1) is 0 Å². The third kappa shape index (κ3) is 2.79. The molecular weight excluding hydrogens is 285 g/mol. The SMILES string of the molecule is COC(=O)C1=CC=CC(N(C)C(=O)c2ccccc2)C1(C)F. The normalized spacial score (nSPS) is 23.6. The minimum absolute atomic E-state index is 0.102. The van der Waals surface area contributed by atoms with E-state index in [9.17, 15) is 9.59 Å².